The van der Waals surface area contributed by atoms with Gasteiger partial charge in [-0.15, -0.1) is 23.5 Å². The molecule has 0 N–H and O–H groups in total. The van der Waals surface area contributed by atoms with Crippen molar-refractivity contribution in [1.29, 1.82) is 0 Å². The molecule has 0 radical (unpaired) electrons. The van der Waals surface area contributed by atoms with E-state index in [1.54, 1.807) is 5.57 Å². The van der Waals surface area contributed by atoms with Gasteiger partial charge in [-0.05, 0) is 48.5 Å². The summed E-state index contributed by atoms with van der Waals surface area (Å²) in [5.41, 5.74) is 1.55. The molecule has 22 heavy (non-hydrogen) atoms. The zero-order valence-corrected chi connectivity index (χ0v) is 17.3. The van der Waals surface area contributed by atoms with E-state index in [2.05, 4.69) is 68.3 Å². The smallest absolute Gasteiger partial charge is 0.117 e. The normalized spacial score (nSPS) is 24.8. The summed E-state index contributed by atoms with van der Waals surface area (Å²) in [6.07, 6.45) is 10.6. The van der Waals surface area contributed by atoms with Gasteiger partial charge in [-0.25, -0.2) is 0 Å². The number of ether oxygens (including phenoxy) is 1. The van der Waals surface area contributed by atoms with Crippen LogP contribution in [0.3, 0.4) is 0 Å². The van der Waals surface area contributed by atoms with E-state index in [9.17, 15) is 0 Å². The first-order valence-electron chi connectivity index (χ1n) is 8.31. The van der Waals surface area contributed by atoms with Crippen molar-refractivity contribution in [2.45, 2.75) is 50.4 Å². The molecule has 1 heterocycles. The molecule has 0 aromatic heterocycles. The Morgan fingerprint density at radius 1 is 1.27 bits per heavy atom. The van der Waals surface area contributed by atoms with Gasteiger partial charge < -0.3 is 4.74 Å². The molecule has 1 saturated heterocycles. The second kappa shape index (κ2) is 8.16. The number of thioether (sulfide) groups is 2. The van der Waals surface area contributed by atoms with Crippen LogP contribution in [0.4, 0.5) is 0 Å². The van der Waals surface area contributed by atoms with Crippen LogP contribution in [0, 0.1) is 5.92 Å². The summed E-state index contributed by atoms with van der Waals surface area (Å²) in [5.74, 6) is 4.50. The van der Waals surface area contributed by atoms with Crippen molar-refractivity contribution in [3.8, 4) is 0 Å². The molecule has 1 aliphatic heterocycles. The first-order valence-corrected chi connectivity index (χ1v) is 13.9. The van der Waals surface area contributed by atoms with Gasteiger partial charge in [-0.3, -0.25) is 0 Å². The largest absolute Gasteiger partial charge is 0.497 e. The minimum atomic E-state index is -1.36. The third-order valence-corrected chi connectivity index (χ3v) is 9.55. The maximum atomic E-state index is 5.95. The van der Waals surface area contributed by atoms with Crippen molar-refractivity contribution in [2.24, 2.45) is 5.92 Å². The average molecular weight is 355 g/mol. The van der Waals surface area contributed by atoms with Crippen LogP contribution in [-0.4, -0.2) is 31.3 Å². The molecule has 2 aliphatic rings. The molecule has 0 amide bonds. The molecule has 1 aliphatic carbocycles. The number of allylic oxidation sites excluding steroid dienone is 5. The van der Waals surface area contributed by atoms with E-state index >= 15 is 0 Å². The lowest BCUT2D eigenvalue weighted by Gasteiger charge is -2.37. The Morgan fingerprint density at radius 3 is 2.50 bits per heavy atom. The molecule has 0 aromatic carbocycles. The van der Waals surface area contributed by atoms with Gasteiger partial charge in [-0.2, -0.15) is 0 Å². The first kappa shape index (κ1) is 18.3. The van der Waals surface area contributed by atoms with Crippen LogP contribution < -0.4 is 0 Å². The summed E-state index contributed by atoms with van der Waals surface area (Å²) >= 11 is 4.32. The van der Waals surface area contributed by atoms with Crippen LogP contribution in [0.15, 0.2) is 34.8 Å². The number of rotatable bonds is 5. The van der Waals surface area contributed by atoms with E-state index in [4.69, 9.17) is 4.74 Å². The molecule has 4 heteroatoms. The second-order valence-corrected chi connectivity index (χ2v) is 14.8. The molecule has 0 unspecified atom stereocenters. The summed E-state index contributed by atoms with van der Waals surface area (Å²) in [6, 6.07) is 0. The zero-order chi connectivity index (χ0) is 16.2. The van der Waals surface area contributed by atoms with Crippen molar-refractivity contribution < 1.29 is 4.74 Å². The second-order valence-electron chi connectivity index (χ2n) is 7.01. The highest BCUT2D eigenvalue weighted by Gasteiger charge is 2.35. The molecule has 1 nitrogen and oxygen atoms in total. The van der Waals surface area contributed by atoms with Crippen LogP contribution in [0.25, 0.3) is 0 Å². The Labute approximate surface area is 146 Å². The summed E-state index contributed by atoms with van der Waals surface area (Å²) in [6.45, 7) is 9.39. The standard InChI is InChI=1S/C18H30OS2Si/c1-6-7-9-14-15(18-20-12-8-13-21-18)10-11-16(17(14)19-2)22(3,4)5/h6-7,11,15,18H,8-10,12-13H2,1-5H3/b7-6+/t15-/m0/s1. The van der Waals surface area contributed by atoms with Crippen molar-refractivity contribution in [2.75, 3.05) is 18.6 Å². The summed E-state index contributed by atoms with van der Waals surface area (Å²) < 4.78 is 6.66. The zero-order valence-electron chi connectivity index (χ0n) is 14.6. The third-order valence-electron chi connectivity index (χ3n) is 4.33. The van der Waals surface area contributed by atoms with Crippen LogP contribution in [0.2, 0.25) is 19.6 Å². The molecular weight excluding hydrogens is 324 g/mol. The van der Waals surface area contributed by atoms with Gasteiger partial charge in [0.15, 0.2) is 0 Å². The first-order chi connectivity index (χ1) is 10.5. The minimum absolute atomic E-state index is 0.640. The maximum absolute atomic E-state index is 5.95. The van der Waals surface area contributed by atoms with E-state index in [0.717, 1.165) is 6.42 Å². The number of hydrogen-bond acceptors (Lipinski definition) is 3. The molecule has 1 atom stereocenters. The quantitative estimate of drug-likeness (QED) is 0.451. The van der Waals surface area contributed by atoms with Crippen LogP contribution >= 0.6 is 23.5 Å². The van der Waals surface area contributed by atoms with Gasteiger partial charge in [0.25, 0.3) is 0 Å². The maximum Gasteiger partial charge on any atom is 0.117 e. The molecule has 2 rings (SSSR count). The molecule has 124 valence electrons. The average Bonchev–Trinajstić information content (AvgIpc) is 2.51. The predicted octanol–water partition coefficient (Wildman–Crippen LogP) is 5.87. The number of methoxy groups -OCH3 is 1. The van der Waals surface area contributed by atoms with Crippen LogP contribution in [0.5, 0.6) is 0 Å². The highest BCUT2D eigenvalue weighted by Crippen LogP contribution is 2.46. The lowest BCUT2D eigenvalue weighted by molar-refractivity contribution is 0.290. The fourth-order valence-electron chi connectivity index (χ4n) is 3.21. The van der Waals surface area contributed by atoms with Gasteiger partial charge in [0, 0.05) is 5.92 Å². The summed E-state index contributed by atoms with van der Waals surface area (Å²) in [4.78, 5) is 0. The lowest BCUT2D eigenvalue weighted by atomic mass is 9.89. The molecule has 1 fully saturated rings. The van der Waals surface area contributed by atoms with Crippen LogP contribution in [0.1, 0.15) is 26.2 Å². The highest BCUT2D eigenvalue weighted by molar-refractivity contribution is 8.17. The SMILES string of the molecule is C/C=C/CC1=C(OC)C([Si](C)(C)C)=CC[C@@H]1C1SCCCS1. The Morgan fingerprint density at radius 2 is 1.95 bits per heavy atom. The summed E-state index contributed by atoms with van der Waals surface area (Å²) in [5, 5.41) is 1.52. The van der Waals surface area contributed by atoms with Gasteiger partial charge in [0.05, 0.1) is 19.8 Å². The molecule has 0 saturated carbocycles. The fraction of sp³-hybridized carbons (Fsp3) is 0.667. The van der Waals surface area contributed by atoms with E-state index in [-0.39, 0.29) is 0 Å². The fourth-order valence-corrected chi connectivity index (χ4v) is 8.13. The van der Waals surface area contributed by atoms with Gasteiger partial charge >= 0.3 is 0 Å². The van der Waals surface area contributed by atoms with Crippen molar-refractivity contribution in [3.05, 3.63) is 34.8 Å². The minimum Gasteiger partial charge on any atom is -0.497 e. The highest BCUT2D eigenvalue weighted by atomic mass is 32.2. The topological polar surface area (TPSA) is 9.23 Å². The van der Waals surface area contributed by atoms with Gasteiger partial charge in [0.1, 0.15) is 5.76 Å². The summed E-state index contributed by atoms with van der Waals surface area (Å²) in [7, 11) is 0.504. The van der Waals surface area contributed by atoms with Crippen molar-refractivity contribution >= 4 is 31.6 Å². The Balaban J connectivity index is 2.36. The van der Waals surface area contributed by atoms with Gasteiger partial charge in [-0.1, -0.05) is 37.9 Å². The van der Waals surface area contributed by atoms with E-state index in [1.165, 1.54) is 35.3 Å². The Hall–Kier alpha value is -0.0631. The third kappa shape index (κ3) is 4.27. The Bertz CT molecular complexity index is 468. The Kier molecular flexibility index (Phi) is 6.78. The van der Waals surface area contributed by atoms with E-state index < -0.39 is 8.07 Å². The molecular formula is C18H30OS2Si. The monoisotopic (exact) mass is 354 g/mol. The lowest BCUT2D eigenvalue weighted by Crippen LogP contribution is -2.32. The molecule has 0 aromatic rings. The van der Waals surface area contributed by atoms with Crippen LogP contribution in [-0.2, 0) is 4.74 Å². The predicted molar refractivity (Wildman–Crippen MR) is 106 cm³/mol. The van der Waals surface area contributed by atoms with Crippen molar-refractivity contribution in [3.63, 3.8) is 0 Å². The van der Waals surface area contributed by atoms with Crippen molar-refractivity contribution in [1.82, 2.24) is 0 Å². The van der Waals surface area contributed by atoms with E-state index in [0.29, 0.717) is 10.5 Å². The number of hydrogen-bond donors (Lipinski definition) is 0. The van der Waals surface area contributed by atoms with E-state index in [1.807, 2.05) is 7.11 Å². The molecule has 0 spiro atoms. The molecule has 0 bridgehead atoms. The van der Waals surface area contributed by atoms with Gasteiger partial charge in [0.2, 0.25) is 0 Å².